The van der Waals surface area contributed by atoms with Gasteiger partial charge in [-0.25, -0.2) is 4.39 Å². The maximum atomic E-state index is 13.7. The molecule has 1 unspecified atom stereocenters. The molecule has 2 nitrogen and oxygen atoms in total. The molecule has 114 valence electrons. The number of nitrogens with one attached hydrogen (secondary N) is 1. The van der Waals surface area contributed by atoms with Crippen LogP contribution in [0.1, 0.15) is 24.1 Å². The summed E-state index contributed by atoms with van der Waals surface area (Å²) in [6.45, 7) is 2.70. The molecule has 0 saturated carbocycles. The van der Waals surface area contributed by atoms with Crippen molar-refractivity contribution in [3.05, 3.63) is 48.3 Å². The fourth-order valence-electron chi connectivity index (χ4n) is 2.09. The summed E-state index contributed by atoms with van der Waals surface area (Å²) < 4.78 is 20.6. The average Bonchev–Trinajstić information content (AvgIpc) is 2.77. The van der Waals surface area contributed by atoms with E-state index in [1.54, 1.807) is 6.07 Å². The number of thiophene rings is 1. The van der Waals surface area contributed by atoms with E-state index in [4.69, 9.17) is 27.9 Å². The molecule has 1 atom stereocenters. The van der Waals surface area contributed by atoms with E-state index in [1.807, 2.05) is 13.0 Å². The van der Waals surface area contributed by atoms with Gasteiger partial charge >= 0.3 is 0 Å². The number of hydrogen-bond acceptors (Lipinski definition) is 3. The second-order valence-corrected chi connectivity index (χ2v) is 7.42. The first-order valence-corrected chi connectivity index (χ1v) is 8.55. The van der Waals surface area contributed by atoms with Crippen molar-refractivity contribution in [3.8, 4) is 5.75 Å². The smallest absolute Gasteiger partial charge is 0.141 e. The Kier molecular flexibility index (Phi) is 5.91. The van der Waals surface area contributed by atoms with Crippen LogP contribution in [0.4, 0.5) is 4.39 Å². The molecule has 0 aliphatic heterocycles. The normalized spacial score (nSPS) is 12.5. The van der Waals surface area contributed by atoms with Gasteiger partial charge in [0.1, 0.15) is 11.6 Å². The van der Waals surface area contributed by atoms with E-state index < -0.39 is 0 Å². The Labute approximate surface area is 145 Å². The van der Waals surface area contributed by atoms with E-state index in [0.717, 1.165) is 11.1 Å². The number of rotatable bonds is 5. The summed E-state index contributed by atoms with van der Waals surface area (Å²) in [6, 6.07) is 4.64. The van der Waals surface area contributed by atoms with E-state index in [1.165, 1.54) is 24.5 Å². The molecule has 1 aromatic carbocycles. The van der Waals surface area contributed by atoms with Crippen molar-refractivity contribution < 1.29 is 9.13 Å². The van der Waals surface area contributed by atoms with Crippen molar-refractivity contribution in [2.24, 2.45) is 0 Å². The molecule has 21 heavy (non-hydrogen) atoms. The molecule has 0 saturated heterocycles. The predicted molar refractivity (Wildman–Crippen MR) is 90.5 cm³/mol. The molecule has 2 rings (SSSR count). The van der Waals surface area contributed by atoms with Crippen LogP contribution in [0.25, 0.3) is 0 Å². The highest BCUT2D eigenvalue weighted by molar-refractivity contribution is 9.10. The molecule has 7 heteroatoms. The Morgan fingerprint density at radius 1 is 1.33 bits per heavy atom. The fourth-order valence-corrected chi connectivity index (χ4v) is 3.98. The van der Waals surface area contributed by atoms with Crippen LogP contribution in [0.15, 0.2) is 22.7 Å². The molecule has 0 amide bonds. The quantitative estimate of drug-likeness (QED) is 0.683. The summed E-state index contributed by atoms with van der Waals surface area (Å²) in [4.78, 5) is 0. The van der Waals surface area contributed by atoms with Crippen LogP contribution in [0.3, 0.4) is 0 Å². The van der Waals surface area contributed by atoms with Crippen LogP contribution in [-0.2, 0) is 0 Å². The molecule has 0 radical (unpaired) electrons. The minimum atomic E-state index is -0.375. The molecule has 0 aliphatic rings. The monoisotopic (exact) mass is 411 g/mol. The van der Waals surface area contributed by atoms with Crippen LogP contribution < -0.4 is 10.1 Å². The van der Waals surface area contributed by atoms with Gasteiger partial charge in [0.05, 0.1) is 26.3 Å². The molecule has 1 aromatic heterocycles. The minimum Gasteiger partial charge on any atom is -0.496 e. The fraction of sp³-hybridized carbons (Fsp3) is 0.286. The number of halogens is 4. The molecule has 0 fully saturated rings. The van der Waals surface area contributed by atoms with Gasteiger partial charge in [0.15, 0.2) is 0 Å². The minimum absolute atomic E-state index is 0.224. The second kappa shape index (κ2) is 7.29. The van der Waals surface area contributed by atoms with Crippen molar-refractivity contribution in [1.82, 2.24) is 5.32 Å². The summed E-state index contributed by atoms with van der Waals surface area (Å²) in [5.74, 6) is 0.0836. The lowest BCUT2D eigenvalue weighted by Gasteiger charge is -2.21. The number of ether oxygens (including phenoxy) is 1. The zero-order chi connectivity index (χ0) is 15.6. The van der Waals surface area contributed by atoms with E-state index in [0.29, 0.717) is 25.4 Å². The number of hydrogen-bond donors (Lipinski definition) is 1. The highest BCUT2D eigenvalue weighted by Gasteiger charge is 2.23. The van der Waals surface area contributed by atoms with Crippen molar-refractivity contribution >= 4 is 50.5 Å². The largest absolute Gasteiger partial charge is 0.496 e. The Balaban J connectivity index is 2.57. The molecular weight excluding hydrogens is 400 g/mol. The van der Waals surface area contributed by atoms with Crippen molar-refractivity contribution in [2.75, 3.05) is 13.7 Å². The zero-order valence-corrected chi connectivity index (χ0v) is 15.3. The van der Waals surface area contributed by atoms with Crippen molar-refractivity contribution in [1.29, 1.82) is 0 Å². The lowest BCUT2D eigenvalue weighted by Crippen LogP contribution is -2.22. The molecule has 2 aromatic rings. The lowest BCUT2D eigenvalue weighted by molar-refractivity contribution is 0.400. The van der Waals surface area contributed by atoms with E-state index >= 15 is 0 Å². The summed E-state index contributed by atoms with van der Waals surface area (Å²) >= 11 is 16.8. The molecule has 0 bridgehead atoms. The van der Waals surface area contributed by atoms with Gasteiger partial charge in [-0.05, 0) is 34.6 Å². The predicted octanol–water partition coefficient (Wildman–Crippen LogP) is 5.66. The maximum Gasteiger partial charge on any atom is 0.141 e. The molecule has 1 heterocycles. The third kappa shape index (κ3) is 3.71. The first-order valence-electron chi connectivity index (χ1n) is 6.19. The van der Waals surface area contributed by atoms with Gasteiger partial charge < -0.3 is 10.1 Å². The van der Waals surface area contributed by atoms with Crippen LogP contribution >= 0.6 is 50.5 Å². The molecule has 0 aliphatic carbocycles. The van der Waals surface area contributed by atoms with Gasteiger partial charge in [0.25, 0.3) is 0 Å². The standard InChI is InChI=1S/C14H13BrCl2FNOS/c1-3-19-13(8-5-12(16)21-14(8)17)7-4-9(15)10(18)6-11(7)20-2/h4-6,13,19H,3H2,1-2H3. The number of methoxy groups -OCH3 is 1. The van der Waals surface area contributed by atoms with Crippen LogP contribution in [0, 0.1) is 5.82 Å². The summed E-state index contributed by atoms with van der Waals surface area (Å²) in [7, 11) is 1.51. The van der Waals surface area contributed by atoms with Gasteiger partial charge in [0.2, 0.25) is 0 Å². The summed E-state index contributed by atoms with van der Waals surface area (Å²) in [6.07, 6.45) is 0. The Bertz CT molecular complexity index is 650. The van der Waals surface area contributed by atoms with Gasteiger partial charge in [-0.1, -0.05) is 30.1 Å². The lowest BCUT2D eigenvalue weighted by atomic mass is 10.00. The highest BCUT2D eigenvalue weighted by Crippen LogP contribution is 2.41. The van der Waals surface area contributed by atoms with E-state index in [9.17, 15) is 4.39 Å². The van der Waals surface area contributed by atoms with Crippen LogP contribution in [-0.4, -0.2) is 13.7 Å². The van der Waals surface area contributed by atoms with Crippen LogP contribution in [0.2, 0.25) is 8.67 Å². The Morgan fingerprint density at radius 3 is 2.57 bits per heavy atom. The topological polar surface area (TPSA) is 21.3 Å². The Hall–Kier alpha value is -0.330. The van der Waals surface area contributed by atoms with Crippen molar-refractivity contribution in [3.63, 3.8) is 0 Å². The first-order chi connectivity index (χ1) is 9.97. The van der Waals surface area contributed by atoms with E-state index in [2.05, 4.69) is 21.2 Å². The zero-order valence-electron chi connectivity index (χ0n) is 11.3. The van der Waals surface area contributed by atoms with Gasteiger partial charge in [-0.2, -0.15) is 0 Å². The first kappa shape index (κ1) is 17.0. The van der Waals surface area contributed by atoms with Gasteiger partial charge in [-0.3, -0.25) is 0 Å². The molecular formula is C14H13BrCl2FNOS. The van der Waals surface area contributed by atoms with Crippen LogP contribution in [0.5, 0.6) is 5.75 Å². The SMILES string of the molecule is CCNC(c1cc(Br)c(F)cc1OC)c1cc(Cl)sc1Cl. The van der Waals surface area contributed by atoms with Gasteiger partial charge in [0, 0.05) is 17.2 Å². The Morgan fingerprint density at radius 2 is 2.05 bits per heavy atom. The third-order valence-corrected chi connectivity index (χ3v) is 5.11. The third-order valence-electron chi connectivity index (χ3n) is 2.99. The molecule has 0 spiro atoms. The van der Waals surface area contributed by atoms with E-state index in [-0.39, 0.29) is 11.9 Å². The summed E-state index contributed by atoms with van der Waals surface area (Å²) in [5, 5.41) is 3.33. The summed E-state index contributed by atoms with van der Waals surface area (Å²) in [5.41, 5.74) is 1.65. The van der Waals surface area contributed by atoms with Gasteiger partial charge in [-0.15, -0.1) is 11.3 Å². The van der Waals surface area contributed by atoms with Crippen molar-refractivity contribution in [2.45, 2.75) is 13.0 Å². The second-order valence-electron chi connectivity index (χ2n) is 4.28. The average molecular weight is 413 g/mol. The highest BCUT2D eigenvalue weighted by atomic mass is 79.9. The maximum absolute atomic E-state index is 13.7. The number of benzene rings is 1. The molecule has 1 N–H and O–H groups in total.